The Morgan fingerprint density at radius 2 is 1.62 bits per heavy atom. The van der Waals surface area contributed by atoms with Crippen molar-refractivity contribution in [1.82, 2.24) is 4.90 Å². The van der Waals surface area contributed by atoms with Crippen molar-refractivity contribution >= 4 is 23.3 Å². The third-order valence-corrected chi connectivity index (χ3v) is 7.21. The standard InChI is InChI=1S/C29H33ClN2O2/c1-29(28(33)34-2,25-9-4-3-5-10-25)16-7-17-31-18-20-32(21-19-31)27-11-6-8-24(22-27)23-12-14-26(30)15-13-23/h3-6,8-15,22H,7,16-21H2,1-2H3. The Kier molecular flexibility index (Phi) is 7.91. The molecule has 0 aromatic heterocycles. The van der Waals surface area contributed by atoms with Gasteiger partial charge in [0.05, 0.1) is 12.5 Å². The van der Waals surface area contributed by atoms with Crippen molar-refractivity contribution < 1.29 is 9.53 Å². The largest absolute Gasteiger partial charge is 0.468 e. The Bertz CT molecular complexity index is 1080. The number of benzene rings is 3. The number of carbonyl (C=O) groups excluding carboxylic acids is 1. The van der Waals surface area contributed by atoms with E-state index >= 15 is 0 Å². The molecule has 0 saturated carbocycles. The van der Waals surface area contributed by atoms with E-state index in [2.05, 4.69) is 46.2 Å². The van der Waals surface area contributed by atoms with Crippen molar-refractivity contribution in [3.8, 4) is 11.1 Å². The molecule has 1 saturated heterocycles. The van der Waals surface area contributed by atoms with E-state index in [4.69, 9.17) is 16.3 Å². The van der Waals surface area contributed by atoms with Crippen molar-refractivity contribution in [1.29, 1.82) is 0 Å². The van der Waals surface area contributed by atoms with Gasteiger partial charge in [-0.05, 0) is 67.3 Å². The molecule has 0 aliphatic carbocycles. The predicted molar refractivity (Wildman–Crippen MR) is 141 cm³/mol. The van der Waals surface area contributed by atoms with E-state index in [1.807, 2.05) is 49.4 Å². The average molecular weight is 477 g/mol. The number of carbonyl (C=O) groups is 1. The molecule has 0 spiro atoms. The number of methoxy groups -OCH3 is 1. The molecule has 34 heavy (non-hydrogen) atoms. The molecule has 1 heterocycles. The molecule has 4 rings (SSSR count). The minimum Gasteiger partial charge on any atom is -0.468 e. The van der Waals surface area contributed by atoms with Gasteiger partial charge < -0.3 is 9.64 Å². The van der Waals surface area contributed by atoms with E-state index in [0.717, 1.165) is 56.2 Å². The van der Waals surface area contributed by atoms with Crippen LogP contribution in [-0.4, -0.2) is 50.7 Å². The summed E-state index contributed by atoms with van der Waals surface area (Å²) in [5.41, 5.74) is 4.05. The van der Waals surface area contributed by atoms with Crippen molar-refractivity contribution in [3.63, 3.8) is 0 Å². The van der Waals surface area contributed by atoms with Crippen molar-refractivity contribution in [2.24, 2.45) is 0 Å². The highest BCUT2D eigenvalue weighted by molar-refractivity contribution is 6.30. The van der Waals surface area contributed by atoms with E-state index in [9.17, 15) is 4.79 Å². The van der Waals surface area contributed by atoms with Gasteiger partial charge in [0.1, 0.15) is 0 Å². The summed E-state index contributed by atoms with van der Waals surface area (Å²) >= 11 is 6.05. The first kappa shape index (κ1) is 24.3. The first-order valence-electron chi connectivity index (χ1n) is 12.0. The maximum Gasteiger partial charge on any atom is 0.315 e. The Morgan fingerprint density at radius 1 is 0.912 bits per heavy atom. The fourth-order valence-electron chi connectivity index (χ4n) is 4.81. The molecule has 3 aromatic rings. The van der Waals surface area contributed by atoms with Crippen LogP contribution in [0, 0.1) is 0 Å². The molecular formula is C29H33ClN2O2. The third kappa shape index (κ3) is 5.63. The molecule has 3 aromatic carbocycles. The van der Waals surface area contributed by atoms with Crippen LogP contribution in [0.1, 0.15) is 25.3 Å². The first-order valence-corrected chi connectivity index (χ1v) is 12.3. The number of anilines is 1. The summed E-state index contributed by atoms with van der Waals surface area (Å²) in [6, 6.07) is 26.7. The zero-order valence-electron chi connectivity index (χ0n) is 20.0. The number of esters is 1. The van der Waals surface area contributed by atoms with Crippen LogP contribution in [0.3, 0.4) is 0 Å². The van der Waals surface area contributed by atoms with Gasteiger partial charge >= 0.3 is 5.97 Å². The Labute approximate surface area is 208 Å². The van der Waals surface area contributed by atoms with Gasteiger partial charge in [-0.15, -0.1) is 0 Å². The molecule has 1 unspecified atom stereocenters. The van der Waals surface area contributed by atoms with E-state index in [1.165, 1.54) is 23.9 Å². The van der Waals surface area contributed by atoms with Crippen molar-refractivity contribution in [3.05, 3.63) is 89.4 Å². The lowest BCUT2D eigenvalue weighted by atomic mass is 9.78. The monoisotopic (exact) mass is 476 g/mol. The Balaban J connectivity index is 1.32. The van der Waals surface area contributed by atoms with Gasteiger partial charge in [-0.3, -0.25) is 9.69 Å². The number of nitrogens with zero attached hydrogens (tertiary/aromatic N) is 2. The Hall–Kier alpha value is -2.82. The highest BCUT2D eigenvalue weighted by Crippen LogP contribution is 2.31. The summed E-state index contributed by atoms with van der Waals surface area (Å²) in [6.45, 7) is 7.02. The van der Waals surface area contributed by atoms with Gasteiger partial charge in [0.25, 0.3) is 0 Å². The minimum absolute atomic E-state index is 0.163. The number of hydrogen-bond acceptors (Lipinski definition) is 4. The van der Waals surface area contributed by atoms with Crippen LogP contribution in [0.25, 0.3) is 11.1 Å². The van der Waals surface area contributed by atoms with Crippen LogP contribution in [0.15, 0.2) is 78.9 Å². The smallest absolute Gasteiger partial charge is 0.315 e. The lowest BCUT2D eigenvalue weighted by Crippen LogP contribution is -2.47. The topological polar surface area (TPSA) is 32.8 Å². The summed E-state index contributed by atoms with van der Waals surface area (Å²) in [4.78, 5) is 17.6. The summed E-state index contributed by atoms with van der Waals surface area (Å²) in [5.74, 6) is -0.163. The number of ether oxygens (including phenoxy) is 1. The van der Waals surface area contributed by atoms with Crippen LogP contribution in [0.4, 0.5) is 5.69 Å². The Morgan fingerprint density at radius 3 is 2.29 bits per heavy atom. The van der Waals surface area contributed by atoms with Gasteiger partial charge in [-0.2, -0.15) is 0 Å². The average Bonchev–Trinajstić information content (AvgIpc) is 2.89. The highest BCUT2D eigenvalue weighted by Gasteiger charge is 2.36. The molecular weight excluding hydrogens is 444 g/mol. The molecule has 4 nitrogen and oxygen atoms in total. The molecule has 0 radical (unpaired) electrons. The lowest BCUT2D eigenvalue weighted by Gasteiger charge is -2.37. The molecule has 1 aliphatic heterocycles. The second-order valence-corrected chi connectivity index (χ2v) is 9.62. The summed E-state index contributed by atoms with van der Waals surface area (Å²) in [5, 5.41) is 0.756. The number of piperazine rings is 1. The van der Waals surface area contributed by atoms with Crippen LogP contribution in [0.2, 0.25) is 5.02 Å². The fourth-order valence-corrected chi connectivity index (χ4v) is 4.93. The van der Waals surface area contributed by atoms with Crippen molar-refractivity contribution in [2.45, 2.75) is 25.2 Å². The van der Waals surface area contributed by atoms with E-state index in [-0.39, 0.29) is 5.97 Å². The van der Waals surface area contributed by atoms with E-state index < -0.39 is 5.41 Å². The predicted octanol–water partition coefficient (Wildman–Crippen LogP) is 6.04. The summed E-state index contributed by atoms with van der Waals surface area (Å²) < 4.78 is 5.16. The van der Waals surface area contributed by atoms with Crippen LogP contribution in [-0.2, 0) is 14.9 Å². The molecule has 178 valence electrons. The number of hydrogen-bond donors (Lipinski definition) is 0. The van der Waals surface area contributed by atoms with Gasteiger partial charge in [0.15, 0.2) is 0 Å². The normalized spacial score (nSPS) is 16.1. The zero-order chi connectivity index (χ0) is 24.0. The molecule has 1 atom stereocenters. The van der Waals surface area contributed by atoms with E-state index in [0.29, 0.717) is 0 Å². The SMILES string of the molecule is COC(=O)C(C)(CCCN1CCN(c2cccc(-c3ccc(Cl)cc3)c2)CC1)c1ccccc1. The highest BCUT2D eigenvalue weighted by atomic mass is 35.5. The second kappa shape index (κ2) is 11.1. The molecule has 0 amide bonds. The lowest BCUT2D eigenvalue weighted by molar-refractivity contribution is -0.147. The molecule has 5 heteroatoms. The van der Waals surface area contributed by atoms with Gasteiger partial charge in [0, 0.05) is 36.9 Å². The molecule has 1 aliphatic rings. The van der Waals surface area contributed by atoms with Gasteiger partial charge in [-0.25, -0.2) is 0 Å². The van der Waals surface area contributed by atoms with Gasteiger partial charge in [-0.1, -0.05) is 66.2 Å². The minimum atomic E-state index is -0.611. The molecule has 1 fully saturated rings. The molecule has 0 bridgehead atoms. The van der Waals surface area contributed by atoms with E-state index in [1.54, 1.807) is 0 Å². The quantitative estimate of drug-likeness (QED) is 0.371. The second-order valence-electron chi connectivity index (χ2n) is 9.18. The fraction of sp³-hybridized carbons (Fsp3) is 0.345. The van der Waals surface area contributed by atoms with Crippen molar-refractivity contribution in [2.75, 3.05) is 44.7 Å². The first-order chi connectivity index (χ1) is 16.5. The summed E-state index contributed by atoms with van der Waals surface area (Å²) in [7, 11) is 1.48. The number of rotatable bonds is 8. The zero-order valence-corrected chi connectivity index (χ0v) is 20.8. The van der Waals surface area contributed by atoms with Gasteiger partial charge in [0.2, 0.25) is 0 Å². The maximum absolute atomic E-state index is 12.6. The number of halogens is 1. The van der Waals surface area contributed by atoms with Crippen LogP contribution >= 0.6 is 11.6 Å². The van der Waals surface area contributed by atoms with Crippen LogP contribution in [0.5, 0.6) is 0 Å². The summed E-state index contributed by atoms with van der Waals surface area (Å²) in [6.07, 6.45) is 1.72. The third-order valence-electron chi connectivity index (χ3n) is 6.96. The van der Waals surface area contributed by atoms with Crippen LogP contribution < -0.4 is 4.90 Å². The molecule has 0 N–H and O–H groups in total. The maximum atomic E-state index is 12.6.